The van der Waals surface area contributed by atoms with Gasteiger partial charge in [0.2, 0.25) is 5.91 Å². The third-order valence-electron chi connectivity index (χ3n) is 2.91. The average Bonchev–Trinajstić information content (AvgIpc) is 2.17. The molecule has 0 aromatic heterocycles. The monoisotopic (exact) mass is 211 g/mol. The lowest BCUT2D eigenvalue weighted by Crippen LogP contribution is -2.38. The summed E-state index contributed by atoms with van der Waals surface area (Å²) >= 11 is 0. The maximum absolute atomic E-state index is 11.7. The normalized spacial score (nSPS) is 18.9. The molecule has 0 aliphatic carbocycles. The standard InChI is InChI=1S/C12H21NO2/c1-10(2)11(14)9-13-8-6-4-3-5-7-12(13)15/h10H,3-9H2,1-2H3. The van der Waals surface area contributed by atoms with Gasteiger partial charge in [0.15, 0.2) is 5.78 Å². The van der Waals surface area contributed by atoms with Gasteiger partial charge in [-0.1, -0.05) is 26.7 Å². The van der Waals surface area contributed by atoms with Crippen molar-refractivity contribution < 1.29 is 9.59 Å². The van der Waals surface area contributed by atoms with Crippen LogP contribution in [0.5, 0.6) is 0 Å². The maximum Gasteiger partial charge on any atom is 0.222 e. The topological polar surface area (TPSA) is 37.4 Å². The van der Waals surface area contributed by atoms with Crippen molar-refractivity contribution in [2.75, 3.05) is 13.1 Å². The minimum Gasteiger partial charge on any atom is -0.335 e. The lowest BCUT2D eigenvalue weighted by molar-refractivity contribution is -0.136. The molecule has 0 aromatic carbocycles. The van der Waals surface area contributed by atoms with Crippen molar-refractivity contribution in [2.45, 2.75) is 46.0 Å². The van der Waals surface area contributed by atoms with Crippen molar-refractivity contribution in [3.8, 4) is 0 Å². The first-order valence-corrected chi connectivity index (χ1v) is 5.91. The fourth-order valence-corrected chi connectivity index (χ4v) is 1.75. The van der Waals surface area contributed by atoms with Crippen LogP contribution in [-0.2, 0) is 9.59 Å². The van der Waals surface area contributed by atoms with Crippen LogP contribution in [0.1, 0.15) is 46.0 Å². The maximum atomic E-state index is 11.7. The van der Waals surface area contributed by atoms with Crippen LogP contribution in [0.25, 0.3) is 0 Å². The zero-order valence-electron chi connectivity index (χ0n) is 9.79. The fourth-order valence-electron chi connectivity index (χ4n) is 1.75. The van der Waals surface area contributed by atoms with Gasteiger partial charge >= 0.3 is 0 Å². The van der Waals surface area contributed by atoms with Crippen LogP contribution in [0, 0.1) is 5.92 Å². The SMILES string of the molecule is CC(C)C(=O)CN1CCCCCCC1=O. The molecule has 0 radical (unpaired) electrons. The summed E-state index contributed by atoms with van der Waals surface area (Å²) in [6.45, 7) is 4.85. The summed E-state index contributed by atoms with van der Waals surface area (Å²) in [5.41, 5.74) is 0. The Morgan fingerprint density at radius 3 is 2.60 bits per heavy atom. The molecule has 0 atom stereocenters. The van der Waals surface area contributed by atoms with Gasteiger partial charge in [0.05, 0.1) is 6.54 Å². The van der Waals surface area contributed by atoms with Crippen molar-refractivity contribution >= 4 is 11.7 Å². The highest BCUT2D eigenvalue weighted by molar-refractivity contribution is 5.87. The molecule has 1 fully saturated rings. The molecular formula is C12H21NO2. The summed E-state index contributed by atoms with van der Waals surface area (Å²) < 4.78 is 0. The van der Waals surface area contributed by atoms with Gasteiger partial charge in [0.25, 0.3) is 0 Å². The molecule has 1 amide bonds. The second-order valence-corrected chi connectivity index (χ2v) is 4.60. The van der Waals surface area contributed by atoms with Crippen LogP contribution >= 0.6 is 0 Å². The summed E-state index contributed by atoms with van der Waals surface area (Å²) in [6.07, 6.45) is 4.96. The van der Waals surface area contributed by atoms with Crippen LogP contribution in [-0.4, -0.2) is 29.7 Å². The van der Waals surface area contributed by atoms with Crippen molar-refractivity contribution in [1.82, 2.24) is 4.90 Å². The number of carbonyl (C=O) groups is 2. The molecule has 3 nitrogen and oxygen atoms in total. The molecule has 1 heterocycles. The molecule has 1 aliphatic heterocycles. The largest absolute Gasteiger partial charge is 0.335 e. The van der Waals surface area contributed by atoms with Crippen LogP contribution < -0.4 is 0 Å². The third-order valence-corrected chi connectivity index (χ3v) is 2.91. The van der Waals surface area contributed by atoms with E-state index in [0.29, 0.717) is 13.0 Å². The number of hydrogen-bond donors (Lipinski definition) is 0. The Hall–Kier alpha value is -0.860. The zero-order chi connectivity index (χ0) is 11.3. The highest BCUT2D eigenvalue weighted by Gasteiger charge is 2.19. The van der Waals surface area contributed by atoms with Crippen molar-refractivity contribution in [1.29, 1.82) is 0 Å². The van der Waals surface area contributed by atoms with E-state index in [2.05, 4.69) is 0 Å². The average molecular weight is 211 g/mol. The number of nitrogens with zero attached hydrogens (tertiary/aromatic N) is 1. The Morgan fingerprint density at radius 2 is 1.93 bits per heavy atom. The van der Waals surface area contributed by atoms with E-state index >= 15 is 0 Å². The molecule has 0 unspecified atom stereocenters. The molecule has 0 bridgehead atoms. The summed E-state index contributed by atoms with van der Waals surface area (Å²) in [6, 6.07) is 0. The van der Waals surface area contributed by atoms with E-state index in [0.717, 1.165) is 25.8 Å². The molecule has 0 saturated carbocycles. The predicted octanol–water partition coefficient (Wildman–Crippen LogP) is 2.00. The Balaban J connectivity index is 2.48. The van der Waals surface area contributed by atoms with Gasteiger partial charge in [-0.05, 0) is 12.8 Å². The molecule has 1 rings (SSSR count). The van der Waals surface area contributed by atoms with E-state index < -0.39 is 0 Å². The smallest absolute Gasteiger partial charge is 0.222 e. The molecule has 86 valence electrons. The summed E-state index contributed by atoms with van der Waals surface area (Å²) in [5.74, 6) is 0.357. The fraction of sp³-hybridized carbons (Fsp3) is 0.833. The van der Waals surface area contributed by atoms with E-state index in [1.807, 2.05) is 13.8 Å². The number of carbonyl (C=O) groups excluding carboxylic acids is 2. The summed E-state index contributed by atoms with van der Waals surface area (Å²) in [4.78, 5) is 25.0. The van der Waals surface area contributed by atoms with Crippen LogP contribution in [0.2, 0.25) is 0 Å². The molecule has 1 aliphatic rings. The first-order chi connectivity index (χ1) is 7.11. The van der Waals surface area contributed by atoms with Crippen LogP contribution in [0.3, 0.4) is 0 Å². The van der Waals surface area contributed by atoms with Gasteiger partial charge in [0, 0.05) is 18.9 Å². The highest BCUT2D eigenvalue weighted by atomic mass is 16.2. The number of amides is 1. The minimum absolute atomic E-state index is 0.0308. The van der Waals surface area contributed by atoms with Crippen molar-refractivity contribution in [2.24, 2.45) is 5.92 Å². The quantitative estimate of drug-likeness (QED) is 0.716. The molecular weight excluding hydrogens is 190 g/mol. The molecule has 1 saturated heterocycles. The molecule has 0 N–H and O–H groups in total. The number of rotatable bonds is 3. The van der Waals surface area contributed by atoms with Gasteiger partial charge in [-0.3, -0.25) is 9.59 Å². The van der Waals surface area contributed by atoms with E-state index in [9.17, 15) is 9.59 Å². The lowest BCUT2D eigenvalue weighted by atomic mass is 10.1. The first-order valence-electron chi connectivity index (χ1n) is 5.91. The van der Waals surface area contributed by atoms with Gasteiger partial charge < -0.3 is 4.90 Å². The highest BCUT2D eigenvalue weighted by Crippen LogP contribution is 2.12. The van der Waals surface area contributed by atoms with Gasteiger partial charge in [0.1, 0.15) is 0 Å². The second-order valence-electron chi connectivity index (χ2n) is 4.60. The molecule has 0 aromatic rings. The van der Waals surface area contributed by atoms with Gasteiger partial charge in [-0.25, -0.2) is 0 Å². The Bertz CT molecular complexity index is 236. The first kappa shape index (κ1) is 12.2. The van der Waals surface area contributed by atoms with Crippen molar-refractivity contribution in [3.63, 3.8) is 0 Å². The Kier molecular flexibility index (Phi) is 4.79. The number of hydrogen-bond acceptors (Lipinski definition) is 2. The summed E-state index contributed by atoms with van der Waals surface area (Å²) in [5, 5.41) is 0. The number of likely N-dealkylation sites (tertiary alicyclic amines) is 1. The van der Waals surface area contributed by atoms with E-state index in [-0.39, 0.29) is 17.6 Å². The van der Waals surface area contributed by atoms with Crippen molar-refractivity contribution in [3.05, 3.63) is 0 Å². The van der Waals surface area contributed by atoms with Crippen LogP contribution in [0.4, 0.5) is 0 Å². The summed E-state index contributed by atoms with van der Waals surface area (Å²) in [7, 11) is 0. The molecule has 0 spiro atoms. The van der Waals surface area contributed by atoms with E-state index in [1.54, 1.807) is 4.90 Å². The predicted molar refractivity (Wildman–Crippen MR) is 59.5 cm³/mol. The number of Topliss-reactive ketones (excluding diaryl/α,β-unsaturated/α-hetero) is 1. The zero-order valence-corrected chi connectivity index (χ0v) is 9.79. The van der Waals surface area contributed by atoms with E-state index in [4.69, 9.17) is 0 Å². The minimum atomic E-state index is 0.0308. The molecule has 15 heavy (non-hydrogen) atoms. The van der Waals surface area contributed by atoms with E-state index in [1.165, 1.54) is 6.42 Å². The Labute approximate surface area is 91.8 Å². The second kappa shape index (κ2) is 5.89. The third kappa shape index (κ3) is 4.02. The van der Waals surface area contributed by atoms with Gasteiger partial charge in [-0.15, -0.1) is 0 Å². The Morgan fingerprint density at radius 1 is 1.27 bits per heavy atom. The number of ketones is 1. The van der Waals surface area contributed by atoms with Crippen LogP contribution in [0.15, 0.2) is 0 Å². The van der Waals surface area contributed by atoms with Gasteiger partial charge in [-0.2, -0.15) is 0 Å². The molecule has 3 heteroatoms. The lowest BCUT2D eigenvalue weighted by Gasteiger charge is -2.24.